The minimum Gasteiger partial charge on any atom is -0.449 e. The Morgan fingerprint density at radius 2 is 1.71 bits per heavy atom. The Morgan fingerprint density at radius 1 is 1.21 bits per heavy atom. The van der Waals surface area contributed by atoms with Crippen LogP contribution in [-0.2, 0) is 0 Å². The highest BCUT2D eigenvalue weighted by Crippen LogP contribution is 2.18. The standard InChI is InChI=1S/C9H17BF2N2/c1-7-6-8(2)14(9(7)3)10(11,12)13(4)5/h6,13H,1-5H3. The predicted molar refractivity (Wildman–Crippen MR) is 54.8 cm³/mol. The van der Waals surface area contributed by atoms with Crippen molar-refractivity contribution in [2.75, 3.05) is 14.1 Å². The van der Waals surface area contributed by atoms with Crippen LogP contribution in [0.2, 0.25) is 0 Å². The van der Waals surface area contributed by atoms with Gasteiger partial charge >= 0.3 is 6.97 Å². The Labute approximate surface area is 83.6 Å². The fourth-order valence-corrected chi connectivity index (χ4v) is 1.70. The smallest absolute Gasteiger partial charge is 0.449 e. The number of quaternary nitrogens is 1. The van der Waals surface area contributed by atoms with E-state index in [1.165, 1.54) is 14.1 Å². The zero-order valence-corrected chi connectivity index (χ0v) is 9.36. The highest BCUT2D eigenvalue weighted by molar-refractivity contribution is 6.55. The highest BCUT2D eigenvalue weighted by atomic mass is 19.2. The molecule has 0 aliphatic carbocycles. The third-order valence-corrected chi connectivity index (χ3v) is 2.76. The predicted octanol–water partition coefficient (Wildman–Crippen LogP) is 0.781. The number of hydrogen-bond donors (Lipinski definition) is 1. The molecule has 0 aliphatic rings. The number of nitrogens with one attached hydrogen (secondary N) is 1. The molecule has 1 heterocycles. The van der Waals surface area contributed by atoms with Crippen molar-refractivity contribution in [2.24, 2.45) is 0 Å². The molecule has 0 amide bonds. The van der Waals surface area contributed by atoms with E-state index in [1.54, 1.807) is 19.9 Å². The largest absolute Gasteiger partial charge is 0.658 e. The Kier molecular flexibility index (Phi) is 2.72. The number of rotatable bonds is 2. The fraction of sp³-hybridized carbons (Fsp3) is 0.556. The summed E-state index contributed by atoms with van der Waals surface area (Å²) in [7, 11) is 2.96. The van der Waals surface area contributed by atoms with Crippen LogP contribution in [-0.4, -0.2) is 25.5 Å². The Bertz CT molecular complexity index is 345. The van der Waals surface area contributed by atoms with Gasteiger partial charge in [-0.15, -0.1) is 0 Å². The lowest BCUT2D eigenvalue weighted by molar-refractivity contribution is -0.765. The normalized spacial score (nSPS) is 12.6. The van der Waals surface area contributed by atoms with E-state index in [-0.39, 0.29) is 4.81 Å². The zero-order valence-electron chi connectivity index (χ0n) is 9.36. The van der Waals surface area contributed by atoms with Gasteiger partial charge in [-0.25, -0.2) is 0 Å². The molecule has 1 rings (SSSR count). The van der Waals surface area contributed by atoms with Gasteiger partial charge in [-0.05, 0) is 43.8 Å². The average molecular weight is 202 g/mol. The second-order valence-electron chi connectivity index (χ2n) is 4.13. The van der Waals surface area contributed by atoms with Crippen LogP contribution in [0, 0.1) is 20.8 Å². The lowest BCUT2D eigenvalue weighted by atomic mass is 9.94. The van der Waals surface area contributed by atoms with Crippen LogP contribution >= 0.6 is 0 Å². The van der Waals surface area contributed by atoms with E-state index >= 15 is 0 Å². The average Bonchev–Trinajstić information content (AvgIpc) is 2.26. The third-order valence-electron chi connectivity index (χ3n) is 2.76. The van der Waals surface area contributed by atoms with Crippen LogP contribution in [0.1, 0.15) is 17.0 Å². The summed E-state index contributed by atoms with van der Waals surface area (Å²) in [6, 6.07) is 1.80. The molecule has 0 aliphatic heterocycles. The van der Waals surface area contributed by atoms with Crippen molar-refractivity contribution in [1.82, 2.24) is 4.48 Å². The zero-order chi connectivity index (χ0) is 11.1. The molecule has 0 fully saturated rings. The van der Waals surface area contributed by atoms with Gasteiger partial charge in [0.25, 0.3) is 0 Å². The van der Waals surface area contributed by atoms with Crippen LogP contribution < -0.4 is 4.81 Å². The fourth-order valence-electron chi connectivity index (χ4n) is 1.70. The lowest BCUT2D eigenvalue weighted by Crippen LogP contribution is -3.17. The maximum absolute atomic E-state index is 13.8. The summed E-state index contributed by atoms with van der Waals surface area (Å²) in [4.78, 5) is 0.173. The molecule has 0 spiro atoms. The van der Waals surface area contributed by atoms with Crippen molar-refractivity contribution < 1.29 is 13.4 Å². The molecular formula is C9H17BF2N2. The second-order valence-corrected chi connectivity index (χ2v) is 4.13. The van der Waals surface area contributed by atoms with Gasteiger partial charge in [0.15, 0.2) is 0 Å². The van der Waals surface area contributed by atoms with Crippen molar-refractivity contribution in [3.05, 3.63) is 23.0 Å². The van der Waals surface area contributed by atoms with E-state index in [0.29, 0.717) is 11.4 Å². The number of hydrogen-bond acceptors (Lipinski definition) is 0. The molecule has 0 aromatic carbocycles. The van der Waals surface area contributed by atoms with Crippen molar-refractivity contribution in [3.63, 3.8) is 0 Å². The molecule has 1 N–H and O–H groups in total. The van der Waals surface area contributed by atoms with Crippen molar-refractivity contribution in [2.45, 2.75) is 20.8 Å². The highest BCUT2D eigenvalue weighted by Gasteiger charge is 2.40. The quantitative estimate of drug-likeness (QED) is 0.679. The maximum Gasteiger partial charge on any atom is 0.658 e. The van der Waals surface area contributed by atoms with Crippen molar-refractivity contribution in [1.29, 1.82) is 0 Å². The molecule has 1 aromatic rings. The SMILES string of the molecule is Cc1cc(C)n([B-](F)(F)[NH+](C)C)c1C. The van der Waals surface area contributed by atoms with Crippen LogP contribution in [0.15, 0.2) is 6.07 Å². The molecular weight excluding hydrogens is 185 g/mol. The van der Waals surface area contributed by atoms with Gasteiger partial charge in [-0.1, -0.05) is 0 Å². The lowest BCUT2D eigenvalue weighted by Gasteiger charge is -2.31. The topological polar surface area (TPSA) is 9.37 Å². The molecule has 0 atom stereocenters. The van der Waals surface area contributed by atoms with E-state index in [2.05, 4.69) is 0 Å². The first-order chi connectivity index (χ1) is 6.28. The number of nitrogens with zero attached hydrogens (tertiary/aromatic N) is 1. The summed E-state index contributed by atoms with van der Waals surface area (Å²) in [6.07, 6.45) is 0. The molecule has 5 heteroatoms. The number of aryl methyl sites for hydroxylation is 2. The molecule has 0 saturated carbocycles. The van der Waals surface area contributed by atoms with Crippen LogP contribution in [0.4, 0.5) is 8.63 Å². The third kappa shape index (κ3) is 1.56. The molecule has 0 saturated heterocycles. The monoisotopic (exact) mass is 202 g/mol. The molecule has 2 nitrogen and oxygen atoms in total. The number of aromatic nitrogens is 1. The number of halogens is 2. The second kappa shape index (κ2) is 3.39. The van der Waals surface area contributed by atoms with Gasteiger partial charge in [0.05, 0.1) is 0 Å². The van der Waals surface area contributed by atoms with Gasteiger partial charge in [0.2, 0.25) is 0 Å². The minimum atomic E-state index is -3.56. The van der Waals surface area contributed by atoms with Gasteiger partial charge < -0.3 is 17.9 Å². The molecule has 0 bridgehead atoms. The van der Waals surface area contributed by atoms with E-state index in [1.807, 2.05) is 6.92 Å². The molecule has 1 aromatic heterocycles. The van der Waals surface area contributed by atoms with Crippen LogP contribution in [0.3, 0.4) is 0 Å². The molecule has 0 radical (unpaired) electrons. The van der Waals surface area contributed by atoms with Gasteiger partial charge in [0.1, 0.15) is 0 Å². The van der Waals surface area contributed by atoms with Gasteiger partial charge in [-0.2, -0.15) is 0 Å². The molecule has 14 heavy (non-hydrogen) atoms. The minimum absolute atomic E-state index is 0.173. The van der Waals surface area contributed by atoms with Crippen molar-refractivity contribution >= 4 is 6.97 Å². The first-order valence-corrected chi connectivity index (χ1v) is 4.76. The first-order valence-electron chi connectivity index (χ1n) is 4.76. The Hall–Kier alpha value is -0.835. The van der Waals surface area contributed by atoms with Crippen LogP contribution in [0.5, 0.6) is 0 Å². The van der Waals surface area contributed by atoms with Crippen molar-refractivity contribution in [3.8, 4) is 0 Å². The first kappa shape index (κ1) is 11.2. The Balaban J connectivity index is 3.31. The van der Waals surface area contributed by atoms with Crippen LogP contribution in [0.25, 0.3) is 0 Å². The van der Waals surface area contributed by atoms with Gasteiger partial charge in [-0.3, -0.25) is 0 Å². The molecule has 0 unspecified atom stereocenters. The summed E-state index contributed by atoms with van der Waals surface area (Å²) in [5.74, 6) is 0. The summed E-state index contributed by atoms with van der Waals surface area (Å²) in [6.45, 7) is 1.76. The summed E-state index contributed by atoms with van der Waals surface area (Å²) in [5.41, 5.74) is 2.21. The summed E-state index contributed by atoms with van der Waals surface area (Å²) >= 11 is 0. The van der Waals surface area contributed by atoms with Gasteiger partial charge in [0, 0.05) is 14.1 Å². The van der Waals surface area contributed by atoms with E-state index in [0.717, 1.165) is 10.0 Å². The summed E-state index contributed by atoms with van der Waals surface area (Å²) in [5, 5.41) is 0. The maximum atomic E-state index is 13.8. The Morgan fingerprint density at radius 3 is 2.00 bits per heavy atom. The van der Waals surface area contributed by atoms with E-state index in [4.69, 9.17) is 0 Å². The molecule has 80 valence electrons. The van der Waals surface area contributed by atoms with E-state index in [9.17, 15) is 8.63 Å². The summed E-state index contributed by atoms with van der Waals surface area (Å²) < 4.78 is 28.8. The van der Waals surface area contributed by atoms with E-state index < -0.39 is 6.97 Å².